The number of rotatable bonds is 4. The van der Waals surface area contributed by atoms with Crippen LogP contribution in [0.5, 0.6) is 0 Å². The van der Waals surface area contributed by atoms with Gasteiger partial charge in [0.2, 0.25) is 5.91 Å². The molecule has 1 saturated carbocycles. The van der Waals surface area contributed by atoms with Gasteiger partial charge in [-0.15, -0.1) is 0 Å². The van der Waals surface area contributed by atoms with E-state index >= 15 is 0 Å². The highest BCUT2D eigenvalue weighted by Crippen LogP contribution is 2.27. The molecule has 2 rings (SSSR count). The smallest absolute Gasteiger partial charge is 0.326 e. The molecule has 21 heavy (non-hydrogen) atoms. The lowest BCUT2D eigenvalue weighted by Crippen LogP contribution is -2.52. The summed E-state index contributed by atoms with van der Waals surface area (Å²) in [7, 11) is -3.43. The maximum atomic E-state index is 12.2. The molecule has 0 radical (unpaired) electrons. The molecule has 7 heteroatoms. The summed E-state index contributed by atoms with van der Waals surface area (Å²) in [6.07, 6.45) is 6.13. The molecule has 6 nitrogen and oxygen atoms in total. The molecule has 2 aliphatic rings. The van der Waals surface area contributed by atoms with Gasteiger partial charge in [0, 0.05) is 0 Å². The van der Waals surface area contributed by atoms with Crippen molar-refractivity contribution in [1.29, 1.82) is 0 Å². The summed E-state index contributed by atoms with van der Waals surface area (Å²) in [6.45, 7) is 0. The van der Waals surface area contributed by atoms with Crippen LogP contribution in [0.25, 0.3) is 0 Å². The Hall–Kier alpha value is -1.11. The van der Waals surface area contributed by atoms with Gasteiger partial charge in [0.1, 0.15) is 11.3 Å². The van der Waals surface area contributed by atoms with E-state index < -0.39 is 33.0 Å². The molecule has 2 fully saturated rings. The van der Waals surface area contributed by atoms with Crippen molar-refractivity contribution >= 4 is 21.7 Å². The molecule has 0 aromatic carbocycles. The van der Waals surface area contributed by atoms with Gasteiger partial charge in [-0.1, -0.05) is 25.7 Å². The van der Waals surface area contributed by atoms with E-state index in [0.717, 1.165) is 32.1 Å². The first kappa shape index (κ1) is 16.3. The molecule has 2 N–H and O–H groups in total. The third kappa shape index (κ3) is 3.96. The van der Waals surface area contributed by atoms with E-state index in [1.54, 1.807) is 0 Å². The second kappa shape index (κ2) is 6.77. The lowest BCUT2D eigenvalue weighted by molar-refractivity contribution is -0.143. The molecule has 2 unspecified atom stereocenters. The summed E-state index contributed by atoms with van der Waals surface area (Å²) >= 11 is 0. The van der Waals surface area contributed by atoms with Crippen LogP contribution in [-0.2, 0) is 19.4 Å². The molecule has 1 heterocycles. The molecule has 0 bridgehead atoms. The number of aliphatic carboxylic acids is 1. The average Bonchev–Trinajstić information content (AvgIpc) is 2.44. The lowest BCUT2D eigenvalue weighted by Gasteiger charge is -2.30. The van der Waals surface area contributed by atoms with Gasteiger partial charge in [-0.2, -0.15) is 0 Å². The minimum Gasteiger partial charge on any atom is -0.480 e. The zero-order valence-electron chi connectivity index (χ0n) is 12.1. The van der Waals surface area contributed by atoms with E-state index in [9.17, 15) is 23.1 Å². The second-order valence-corrected chi connectivity index (χ2v) is 8.38. The van der Waals surface area contributed by atoms with Crippen LogP contribution in [0.1, 0.15) is 51.4 Å². The van der Waals surface area contributed by atoms with E-state index in [4.69, 9.17) is 0 Å². The number of hydrogen-bond acceptors (Lipinski definition) is 4. The highest BCUT2D eigenvalue weighted by molar-refractivity contribution is 7.92. The van der Waals surface area contributed by atoms with E-state index in [1.165, 1.54) is 0 Å². The summed E-state index contributed by atoms with van der Waals surface area (Å²) in [6, 6.07) is -0.963. The van der Waals surface area contributed by atoms with Crippen LogP contribution in [0, 0.1) is 5.92 Å². The maximum Gasteiger partial charge on any atom is 0.326 e. The van der Waals surface area contributed by atoms with Gasteiger partial charge in [-0.05, 0) is 31.6 Å². The fourth-order valence-corrected chi connectivity index (χ4v) is 5.15. The first-order valence-corrected chi connectivity index (χ1v) is 9.38. The molecular weight excluding hydrogens is 294 g/mol. The monoisotopic (exact) mass is 317 g/mol. The van der Waals surface area contributed by atoms with Crippen molar-refractivity contribution < 1.29 is 23.1 Å². The summed E-state index contributed by atoms with van der Waals surface area (Å²) in [5.74, 6) is -1.77. The Morgan fingerprint density at radius 2 is 1.62 bits per heavy atom. The number of sulfone groups is 1. The molecule has 0 spiro atoms. The van der Waals surface area contributed by atoms with Gasteiger partial charge < -0.3 is 10.4 Å². The Bertz CT molecular complexity index is 495. The SMILES string of the molecule is O=C(O)C(NC(=O)C1CCCCS1(=O)=O)C1CCCCC1. The molecule has 0 aromatic heterocycles. The Kier molecular flexibility index (Phi) is 5.24. The van der Waals surface area contributed by atoms with E-state index in [-0.39, 0.29) is 11.7 Å². The Morgan fingerprint density at radius 1 is 1.00 bits per heavy atom. The number of carboxylic acid groups (broad SMARTS) is 1. The summed E-state index contributed by atoms with van der Waals surface area (Å²) in [5.41, 5.74) is 0. The summed E-state index contributed by atoms with van der Waals surface area (Å²) in [5, 5.41) is 10.8. The van der Waals surface area contributed by atoms with Crippen molar-refractivity contribution in [3.8, 4) is 0 Å². The van der Waals surface area contributed by atoms with Crippen LogP contribution >= 0.6 is 0 Å². The number of carbonyl (C=O) groups excluding carboxylic acids is 1. The fraction of sp³-hybridized carbons (Fsp3) is 0.857. The second-order valence-electron chi connectivity index (χ2n) is 6.07. The van der Waals surface area contributed by atoms with Crippen LogP contribution in [0.3, 0.4) is 0 Å². The van der Waals surface area contributed by atoms with Gasteiger partial charge in [-0.3, -0.25) is 4.79 Å². The maximum absolute atomic E-state index is 12.2. The Labute approximate surface area is 125 Å². The highest BCUT2D eigenvalue weighted by atomic mass is 32.2. The number of hydrogen-bond donors (Lipinski definition) is 2. The fourth-order valence-electron chi connectivity index (χ4n) is 3.34. The van der Waals surface area contributed by atoms with Crippen molar-refractivity contribution in [3.05, 3.63) is 0 Å². The third-order valence-corrected chi connectivity index (χ3v) is 6.73. The van der Waals surface area contributed by atoms with Crippen LogP contribution in [-0.4, -0.2) is 42.4 Å². The molecule has 0 aromatic rings. The number of amides is 1. The third-order valence-electron chi connectivity index (χ3n) is 4.56. The van der Waals surface area contributed by atoms with Crippen molar-refractivity contribution in [2.75, 3.05) is 5.75 Å². The first-order chi connectivity index (χ1) is 9.92. The quantitative estimate of drug-likeness (QED) is 0.809. The summed E-state index contributed by atoms with van der Waals surface area (Å²) in [4.78, 5) is 23.6. The van der Waals surface area contributed by atoms with Crippen LogP contribution < -0.4 is 5.32 Å². The molecule has 120 valence electrons. The van der Waals surface area contributed by atoms with Crippen LogP contribution in [0.4, 0.5) is 0 Å². The van der Waals surface area contributed by atoms with Crippen molar-refractivity contribution in [2.45, 2.75) is 62.7 Å². The van der Waals surface area contributed by atoms with Crippen molar-refractivity contribution in [2.24, 2.45) is 5.92 Å². The molecule has 1 amide bonds. The van der Waals surface area contributed by atoms with Gasteiger partial charge in [0.25, 0.3) is 0 Å². The number of nitrogens with one attached hydrogen (secondary N) is 1. The highest BCUT2D eigenvalue weighted by Gasteiger charge is 2.38. The zero-order valence-corrected chi connectivity index (χ0v) is 12.9. The van der Waals surface area contributed by atoms with E-state index in [0.29, 0.717) is 19.3 Å². The molecule has 1 aliphatic carbocycles. The van der Waals surface area contributed by atoms with E-state index in [2.05, 4.69) is 5.32 Å². The normalized spacial score (nSPS) is 27.7. The molecule has 1 saturated heterocycles. The van der Waals surface area contributed by atoms with Gasteiger partial charge in [0.15, 0.2) is 9.84 Å². The molecular formula is C14H23NO5S. The average molecular weight is 317 g/mol. The van der Waals surface area contributed by atoms with Crippen molar-refractivity contribution in [3.63, 3.8) is 0 Å². The lowest BCUT2D eigenvalue weighted by atomic mass is 9.84. The number of carbonyl (C=O) groups is 2. The van der Waals surface area contributed by atoms with Crippen LogP contribution in [0.2, 0.25) is 0 Å². The largest absolute Gasteiger partial charge is 0.480 e. The molecule has 1 aliphatic heterocycles. The molecule has 2 atom stereocenters. The number of carboxylic acids is 1. The predicted octanol–water partition coefficient (Wildman–Crippen LogP) is 1.10. The topological polar surface area (TPSA) is 101 Å². The van der Waals surface area contributed by atoms with Crippen LogP contribution in [0.15, 0.2) is 0 Å². The summed E-state index contributed by atoms with van der Waals surface area (Å²) < 4.78 is 23.9. The van der Waals surface area contributed by atoms with Crippen molar-refractivity contribution in [1.82, 2.24) is 5.32 Å². The zero-order chi connectivity index (χ0) is 15.5. The minimum absolute atomic E-state index is 0.0201. The predicted molar refractivity (Wildman–Crippen MR) is 77.6 cm³/mol. The first-order valence-electron chi connectivity index (χ1n) is 7.66. The minimum atomic E-state index is -3.43. The Morgan fingerprint density at radius 3 is 2.19 bits per heavy atom. The Balaban J connectivity index is 2.05. The van der Waals surface area contributed by atoms with Gasteiger partial charge in [-0.25, -0.2) is 13.2 Å². The van der Waals surface area contributed by atoms with E-state index in [1.807, 2.05) is 0 Å². The van der Waals surface area contributed by atoms with Gasteiger partial charge in [0.05, 0.1) is 5.75 Å². The van der Waals surface area contributed by atoms with Gasteiger partial charge >= 0.3 is 5.97 Å². The standard InChI is InChI=1S/C14H23NO5S/c16-13(11-8-4-5-9-21(11,19)20)15-12(14(17)18)10-6-2-1-3-7-10/h10-12H,1-9H2,(H,15,16)(H,17,18).